The molecule has 73 heavy (non-hydrogen) atoms. The van der Waals surface area contributed by atoms with E-state index in [0.717, 1.165) is 68.0 Å². The van der Waals surface area contributed by atoms with Crippen LogP contribution in [0, 0.1) is 11.5 Å². The van der Waals surface area contributed by atoms with E-state index in [1.165, 1.54) is 22.3 Å². The molecule has 0 N–H and O–H groups in total. The zero-order chi connectivity index (χ0) is 51.8. The third kappa shape index (κ3) is 13.4. The molecule has 0 saturated carbocycles. The van der Waals surface area contributed by atoms with Crippen LogP contribution in [0.3, 0.4) is 0 Å². The number of fused-ring (bicyclic) bond motifs is 8. The van der Waals surface area contributed by atoms with Crippen LogP contribution in [0.25, 0.3) is 73.9 Å². The maximum absolute atomic E-state index is 5.42. The van der Waals surface area contributed by atoms with Gasteiger partial charge < -0.3 is 15.3 Å². The number of benzene rings is 3. The second kappa shape index (κ2) is 21.2. The first-order valence-corrected chi connectivity index (χ1v) is 28.7. The molecule has 0 atom stereocenters. The number of hydrogen-bond donors (Lipinski definition) is 0. The van der Waals surface area contributed by atoms with E-state index in [-0.39, 0.29) is 41.1 Å². The molecule has 0 amide bonds. The molecular weight excluding hydrogens is 960 g/mol. The van der Waals surface area contributed by atoms with Gasteiger partial charge in [0.25, 0.3) is 0 Å². The van der Waals surface area contributed by atoms with Gasteiger partial charge in [-0.05, 0) is 115 Å². The van der Waals surface area contributed by atoms with Gasteiger partial charge in [0.1, 0.15) is 8.07 Å². The molecule has 6 heterocycles. The first kappa shape index (κ1) is 54.3. The van der Waals surface area contributed by atoms with Crippen molar-refractivity contribution < 1.29 is 19.5 Å². The molecule has 370 valence electrons. The van der Waals surface area contributed by atoms with Crippen molar-refractivity contribution in [2.75, 3.05) is 6.54 Å². The maximum atomic E-state index is 5.42. The summed E-state index contributed by atoms with van der Waals surface area (Å²) in [5, 5.41) is 13.8. The van der Waals surface area contributed by atoms with Crippen molar-refractivity contribution in [1.82, 2.24) is 19.9 Å². The fourth-order valence-corrected chi connectivity index (χ4v) is 8.85. The third-order valence-corrected chi connectivity index (χ3v) is 13.6. The van der Waals surface area contributed by atoms with Crippen LogP contribution in [-0.2, 0) is 41.1 Å². The number of hydrogen-bond acceptors (Lipinski definition) is 4. The third-order valence-electron chi connectivity index (χ3n) is 12.7. The van der Waals surface area contributed by atoms with Crippen LogP contribution in [-0.4, -0.2) is 24.6 Å². The predicted octanol–water partition coefficient (Wildman–Crippen LogP) is 17.5. The van der Waals surface area contributed by atoms with Crippen LogP contribution in [0.5, 0.6) is 0 Å². The fraction of sp³-hybridized carbons (Fsp3) is 0.312. The molecular formula is C64H70N7SiZn-3. The first-order valence-electron chi connectivity index (χ1n) is 25.2. The summed E-state index contributed by atoms with van der Waals surface area (Å²) in [6.45, 7) is 34.8. The Morgan fingerprint density at radius 3 is 1.52 bits per heavy atom. The van der Waals surface area contributed by atoms with E-state index in [0.29, 0.717) is 22.6 Å². The summed E-state index contributed by atoms with van der Waals surface area (Å²) >= 11 is 0. The van der Waals surface area contributed by atoms with Crippen LogP contribution >= 0.6 is 0 Å². The minimum Gasteiger partial charge on any atom is -0.687 e. The number of nitrogens with zero attached hydrogens (tertiary/aromatic N) is 7. The molecule has 3 aromatic carbocycles. The predicted molar refractivity (Wildman–Crippen MR) is 310 cm³/mol. The van der Waals surface area contributed by atoms with E-state index in [1.807, 2.05) is 54.6 Å². The van der Waals surface area contributed by atoms with E-state index in [1.54, 1.807) is 6.20 Å². The Morgan fingerprint density at radius 1 is 0.521 bits per heavy atom. The Morgan fingerprint density at radius 2 is 1.03 bits per heavy atom. The average molecular weight is 1030 g/mol. The number of rotatable bonds is 4. The van der Waals surface area contributed by atoms with Gasteiger partial charge in [0.05, 0.1) is 34.2 Å². The van der Waals surface area contributed by atoms with Gasteiger partial charge in [0, 0.05) is 25.0 Å². The van der Waals surface area contributed by atoms with Crippen molar-refractivity contribution in [2.24, 2.45) is 10.2 Å². The minimum absolute atomic E-state index is 0. The maximum Gasteiger partial charge on any atom is 0.129 e. The van der Waals surface area contributed by atoms with Crippen molar-refractivity contribution in [3.8, 4) is 33.7 Å². The topological polar surface area (TPSA) is 92.8 Å². The van der Waals surface area contributed by atoms with Crippen molar-refractivity contribution in [2.45, 2.75) is 124 Å². The fourth-order valence-electron chi connectivity index (χ4n) is 8.33. The quantitative estimate of drug-likeness (QED) is 0.0997. The van der Waals surface area contributed by atoms with Crippen LogP contribution in [0.4, 0.5) is 11.4 Å². The molecule has 8 bridgehead atoms. The standard InChI is InChI=1S/C59H64N6Si.C5H6N.Zn/c1-56(2,3)40-30-38(31-41(34-40)57(4,5)6)53-47-22-20-45(60-47)36-46-21-23-48(61-46)54(39-32-42(58(7,8)9)35-43(33-39)59(10,11)12)50-25-27-52(63-50)55(51-26-24-49(53)62-51)65-64-44-18-16-37(17-19-44)28-29-66(13,14)15;1-2-4-6-5-3-1;/h16-27,30-36H,1-15H3;1-4H,5H2;/q-2;-1;. The van der Waals surface area contributed by atoms with E-state index in [4.69, 9.17) is 30.2 Å². The molecule has 7 nitrogen and oxygen atoms in total. The molecule has 9 rings (SSSR count). The summed E-state index contributed by atoms with van der Waals surface area (Å²) in [6.07, 6.45) is 16.0. The van der Waals surface area contributed by atoms with E-state index >= 15 is 0 Å². The second-order valence-corrected chi connectivity index (χ2v) is 28.9. The molecule has 0 unspecified atom stereocenters. The number of allylic oxidation sites excluding steroid dienone is 2. The zero-order valence-corrected chi connectivity index (χ0v) is 49.8. The molecule has 9 heteroatoms. The van der Waals surface area contributed by atoms with Crippen LogP contribution < -0.4 is 9.97 Å². The van der Waals surface area contributed by atoms with Gasteiger partial charge in [-0.1, -0.05) is 188 Å². The van der Waals surface area contributed by atoms with Crippen LogP contribution in [0.1, 0.15) is 134 Å². The number of aromatic nitrogens is 4. The Balaban J connectivity index is 0.00000104. The molecule has 3 aliphatic heterocycles. The molecule has 0 fully saturated rings. The first-order chi connectivity index (χ1) is 33.8. The van der Waals surface area contributed by atoms with Gasteiger partial charge in [-0.15, -0.1) is 45.3 Å². The van der Waals surface area contributed by atoms with Gasteiger partial charge in [-0.2, -0.15) is 11.3 Å². The Labute approximate surface area is 448 Å². The summed E-state index contributed by atoms with van der Waals surface area (Å²) in [6, 6.07) is 32.3. The molecule has 6 aromatic rings. The van der Waals surface area contributed by atoms with E-state index in [9.17, 15) is 0 Å². The van der Waals surface area contributed by atoms with Crippen molar-refractivity contribution in [3.05, 3.63) is 171 Å². The Bertz CT molecular complexity index is 3270. The van der Waals surface area contributed by atoms with Crippen LogP contribution in [0.2, 0.25) is 19.6 Å². The summed E-state index contributed by atoms with van der Waals surface area (Å²) in [7, 11) is -1.53. The number of azo groups is 1. The normalized spacial score (nSPS) is 13.5. The van der Waals surface area contributed by atoms with Crippen LogP contribution in [0.15, 0.2) is 126 Å². The van der Waals surface area contributed by atoms with Gasteiger partial charge in [0.15, 0.2) is 0 Å². The Hall–Kier alpha value is -6.46. The van der Waals surface area contributed by atoms with E-state index in [2.05, 4.69) is 198 Å². The van der Waals surface area contributed by atoms with Gasteiger partial charge in [-0.25, -0.2) is 9.97 Å². The van der Waals surface area contributed by atoms with Gasteiger partial charge >= 0.3 is 0 Å². The molecule has 0 aliphatic carbocycles. The largest absolute Gasteiger partial charge is 0.687 e. The monoisotopic (exact) mass is 1030 g/mol. The molecule has 0 radical (unpaired) electrons. The van der Waals surface area contributed by atoms with Crippen molar-refractivity contribution >= 4 is 65.8 Å². The van der Waals surface area contributed by atoms with E-state index < -0.39 is 8.07 Å². The zero-order valence-electron chi connectivity index (χ0n) is 45.8. The average Bonchev–Trinajstić information content (AvgIpc) is 4.16. The van der Waals surface area contributed by atoms with Gasteiger partial charge in [-0.3, -0.25) is 0 Å². The van der Waals surface area contributed by atoms with Crippen molar-refractivity contribution in [1.29, 1.82) is 0 Å². The summed E-state index contributed by atoms with van der Waals surface area (Å²) in [5.41, 5.74) is 20.7. The summed E-state index contributed by atoms with van der Waals surface area (Å²) in [4.78, 5) is 21.4. The van der Waals surface area contributed by atoms with Crippen molar-refractivity contribution in [3.63, 3.8) is 0 Å². The molecule has 0 saturated heterocycles. The Kier molecular flexibility index (Phi) is 15.8. The minimum atomic E-state index is -1.53. The SMILES string of the molecule is C1=CC[N-]C=C1.CC(C)(C)c1cc(-c2c3nc(c(N=Nc4ccc(C#C[Si](C)(C)C)cc4)c4ccc([n-]4)c(-c4cc(C(C)(C)C)cc(C(C)(C)C)c4)c4nc(cc5ccc2[n-]5)C=C4)C=C3)cc(C(C)(C)C)c1.[Zn]. The molecule has 3 aliphatic rings. The molecule has 3 aromatic heterocycles. The smallest absolute Gasteiger partial charge is 0.129 e. The second-order valence-electron chi connectivity index (χ2n) is 24.2. The molecule has 0 spiro atoms. The summed E-state index contributed by atoms with van der Waals surface area (Å²) in [5.74, 6) is 3.36. The summed E-state index contributed by atoms with van der Waals surface area (Å²) < 4.78 is 0. The van der Waals surface area contributed by atoms with Gasteiger partial charge in [0.2, 0.25) is 0 Å².